The first kappa shape index (κ1) is 22.2. The van der Waals surface area contributed by atoms with E-state index in [1.54, 1.807) is 19.1 Å². The third-order valence-electron chi connectivity index (χ3n) is 5.13. The Bertz CT molecular complexity index is 1230. The molecule has 8 nitrogen and oxygen atoms in total. The number of nitrogens with one attached hydrogen (secondary N) is 1. The summed E-state index contributed by atoms with van der Waals surface area (Å²) in [6.45, 7) is 2.67. The highest BCUT2D eigenvalue weighted by Crippen LogP contribution is 2.32. The highest BCUT2D eigenvalue weighted by molar-refractivity contribution is 6.07. The number of ether oxygens (including phenoxy) is 1. The predicted octanol–water partition coefficient (Wildman–Crippen LogP) is 4.05. The van der Waals surface area contributed by atoms with Gasteiger partial charge in [0.05, 0.1) is 0 Å². The molecule has 0 aliphatic carbocycles. The molecule has 12 heteroatoms. The van der Waals surface area contributed by atoms with E-state index in [2.05, 4.69) is 20.2 Å². The van der Waals surface area contributed by atoms with Crippen LogP contribution in [0.2, 0.25) is 0 Å². The Morgan fingerprint density at radius 2 is 1.85 bits per heavy atom. The van der Waals surface area contributed by atoms with Crippen LogP contribution in [0.3, 0.4) is 0 Å². The van der Waals surface area contributed by atoms with Gasteiger partial charge in [-0.25, -0.2) is 9.18 Å². The molecule has 172 valence electrons. The number of alkyl halides is 3. The van der Waals surface area contributed by atoms with Crippen LogP contribution in [0.5, 0.6) is 5.75 Å². The van der Waals surface area contributed by atoms with Crippen molar-refractivity contribution in [1.29, 1.82) is 0 Å². The predicted molar refractivity (Wildman–Crippen MR) is 104 cm³/mol. The Labute approximate surface area is 184 Å². The zero-order chi connectivity index (χ0) is 24.0. The number of hydrogen-bond donors (Lipinski definition) is 1. The monoisotopic (exact) mass is 464 g/mol. The number of hydrogen-bond acceptors (Lipinski definition) is 6. The van der Waals surface area contributed by atoms with Gasteiger partial charge in [-0.2, -0.15) is 4.98 Å². The zero-order valence-corrected chi connectivity index (χ0v) is 17.2. The summed E-state index contributed by atoms with van der Waals surface area (Å²) in [5.74, 6) is -1.56. The molecule has 1 saturated heterocycles. The maximum atomic E-state index is 13.8. The number of carbonyl (C=O) groups is 2. The van der Waals surface area contributed by atoms with Gasteiger partial charge in [0.2, 0.25) is 11.7 Å². The van der Waals surface area contributed by atoms with E-state index >= 15 is 0 Å². The van der Waals surface area contributed by atoms with Gasteiger partial charge in [0.1, 0.15) is 23.7 Å². The van der Waals surface area contributed by atoms with Crippen molar-refractivity contribution in [1.82, 2.24) is 20.4 Å². The number of imide groups is 1. The second kappa shape index (κ2) is 7.87. The van der Waals surface area contributed by atoms with Crippen LogP contribution in [0, 0.1) is 12.7 Å². The van der Waals surface area contributed by atoms with E-state index in [1.807, 2.05) is 0 Å². The number of benzene rings is 2. The second-order valence-corrected chi connectivity index (χ2v) is 7.49. The van der Waals surface area contributed by atoms with Crippen molar-refractivity contribution in [2.24, 2.45) is 0 Å². The molecule has 3 aromatic rings. The maximum Gasteiger partial charge on any atom is 0.573 e. The Balaban J connectivity index is 1.51. The third kappa shape index (κ3) is 4.36. The van der Waals surface area contributed by atoms with Crippen molar-refractivity contribution in [3.63, 3.8) is 0 Å². The summed E-state index contributed by atoms with van der Waals surface area (Å²) in [5, 5.41) is 6.28. The van der Waals surface area contributed by atoms with Crippen molar-refractivity contribution in [2.75, 3.05) is 0 Å². The fraction of sp³-hybridized carbons (Fsp3) is 0.238. The normalized spacial score (nSPS) is 18.5. The molecule has 1 aromatic heterocycles. The van der Waals surface area contributed by atoms with Gasteiger partial charge in [-0.05, 0) is 43.2 Å². The maximum absolute atomic E-state index is 13.8. The van der Waals surface area contributed by atoms with Crippen LogP contribution in [-0.2, 0) is 16.9 Å². The molecule has 1 unspecified atom stereocenters. The molecule has 0 radical (unpaired) electrons. The first-order chi connectivity index (χ1) is 15.5. The lowest BCUT2D eigenvalue weighted by molar-refractivity contribution is -0.274. The average molecular weight is 464 g/mol. The van der Waals surface area contributed by atoms with Crippen LogP contribution >= 0.6 is 0 Å². The molecule has 3 amide bonds. The Morgan fingerprint density at radius 1 is 1.15 bits per heavy atom. The fourth-order valence-electron chi connectivity index (χ4n) is 3.33. The van der Waals surface area contributed by atoms with E-state index in [9.17, 15) is 27.2 Å². The van der Waals surface area contributed by atoms with Crippen LogP contribution < -0.4 is 10.1 Å². The smallest absolute Gasteiger partial charge is 0.406 e. The van der Waals surface area contributed by atoms with E-state index in [0.717, 1.165) is 17.0 Å². The molecule has 0 spiro atoms. The highest BCUT2D eigenvalue weighted by Gasteiger charge is 2.49. The van der Waals surface area contributed by atoms with Gasteiger partial charge >= 0.3 is 12.4 Å². The van der Waals surface area contributed by atoms with Crippen LogP contribution in [0.1, 0.15) is 23.9 Å². The van der Waals surface area contributed by atoms with Crippen LogP contribution in [-0.4, -0.2) is 33.3 Å². The molecule has 1 fully saturated rings. The Kier molecular flexibility index (Phi) is 5.30. The summed E-state index contributed by atoms with van der Waals surface area (Å²) < 4.78 is 59.8. The quantitative estimate of drug-likeness (QED) is 0.452. The third-order valence-corrected chi connectivity index (χ3v) is 5.13. The summed E-state index contributed by atoms with van der Waals surface area (Å²) in [6.07, 6.45) is -4.85. The number of urea groups is 1. The Hall–Kier alpha value is -3.96. The minimum absolute atomic E-state index is 0.0624. The molecule has 1 aliphatic rings. The number of aryl methyl sites for hydroxylation is 1. The largest absolute Gasteiger partial charge is 0.573 e. The van der Waals surface area contributed by atoms with Crippen LogP contribution in [0.25, 0.3) is 11.4 Å². The number of halogens is 4. The van der Waals surface area contributed by atoms with E-state index in [0.29, 0.717) is 11.1 Å². The lowest BCUT2D eigenvalue weighted by Gasteiger charge is -2.22. The standard InChI is InChI=1S/C21H16F4N4O4/c1-11-3-4-12(9-15(11)22)17-26-16(33-28-17)10-29-18(30)20(2,27-19(29)31)13-5-7-14(8-6-13)32-21(23,24)25/h3-9H,10H2,1-2H3,(H,27,31). The number of amides is 3. The van der Waals surface area contributed by atoms with Gasteiger partial charge in [-0.1, -0.05) is 29.4 Å². The zero-order valence-electron chi connectivity index (χ0n) is 17.2. The molecule has 2 aromatic carbocycles. The van der Waals surface area contributed by atoms with Gasteiger partial charge in [0, 0.05) is 5.56 Å². The molecule has 1 aliphatic heterocycles. The first-order valence-corrected chi connectivity index (χ1v) is 9.56. The number of carbonyl (C=O) groups excluding carboxylic acids is 2. The molecule has 33 heavy (non-hydrogen) atoms. The SMILES string of the molecule is Cc1ccc(-c2noc(CN3C(=O)NC(C)(c4ccc(OC(F)(F)F)cc4)C3=O)n2)cc1F. The molecule has 2 heterocycles. The van der Waals surface area contributed by atoms with Gasteiger partial charge in [-0.15, -0.1) is 13.2 Å². The summed E-state index contributed by atoms with van der Waals surface area (Å²) in [6, 6.07) is 8.22. The van der Waals surface area contributed by atoms with Gasteiger partial charge in [0.15, 0.2) is 0 Å². The molecule has 4 rings (SSSR count). The number of rotatable bonds is 5. The van der Waals surface area contributed by atoms with Gasteiger partial charge in [-0.3, -0.25) is 9.69 Å². The van der Waals surface area contributed by atoms with E-state index < -0.39 is 35.4 Å². The molecular weight excluding hydrogens is 448 g/mol. The van der Waals surface area contributed by atoms with E-state index in [-0.39, 0.29) is 23.8 Å². The van der Waals surface area contributed by atoms with Gasteiger partial charge < -0.3 is 14.6 Å². The lowest BCUT2D eigenvalue weighted by atomic mass is 9.92. The number of aromatic nitrogens is 2. The van der Waals surface area contributed by atoms with Crippen LogP contribution in [0.15, 0.2) is 47.0 Å². The van der Waals surface area contributed by atoms with Crippen molar-refractivity contribution in [3.05, 3.63) is 65.3 Å². The summed E-state index contributed by atoms with van der Waals surface area (Å²) in [5.41, 5.74) is -0.480. The second-order valence-electron chi connectivity index (χ2n) is 7.49. The molecule has 0 bridgehead atoms. The minimum Gasteiger partial charge on any atom is -0.406 e. The van der Waals surface area contributed by atoms with Gasteiger partial charge in [0.25, 0.3) is 5.91 Å². The molecule has 0 saturated carbocycles. The Morgan fingerprint density at radius 3 is 2.48 bits per heavy atom. The molecule has 1 N–H and O–H groups in total. The topological polar surface area (TPSA) is 97.6 Å². The van der Waals surface area contributed by atoms with Crippen molar-refractivity contribution >= 4 is 11.9 Å². The van der Waals surface area contributed by atoms with Crippen molar-refractivity contribution in [2.45, 2.75) is 32.3 Å². The fourth-order valence-corrected chi connectivity index (χ4v) is 3.33. The molecular formula is C21H16F4N4O4. The summed E-state index contributed by atoms with van der Waals surface area (Å²) >= 11 is 0. The minimum atomic E-state index is -4.85. The van der Waals surface area contributed by atoms with Crippen LogP contribution in [0.4, 0.5) is 22.4 Å². The lowest BCUT2D eigenvalue weighted by Crippen LogP contribution is -2.40. The summed E-state index contributed by atoms with van der Waals surface area (Å²) in [7, 11) is 0. The van der Waals surface area contributed by atoms with Crippen molar-refractivity contribution < 1.29 is 36.4 Å². The van der Waals surface area contributed by atoms with E-state index in [4.69, 9.17) is 4.52 Å². The van der Waals surface area contributed by atoms with Crippen molar-refractivity contribution in [3.8, 4) is 17.1 Å². The summed E-state index contributed by atoms with van der Waals surface area (Å²) in [4.78, 5) is 30.4. The number of nitrogens with zero attached hydrogens (tertiary/aromatic N) is 3. The molecule has 1 atom stereocenters. The highest BCUT2D eigenvalue weighted by atomic mass is 19.4. The first-order valence-electron chi connectivity index (χ1n) is 9.56. The van der Waals surface area contributed by atoms with E-state index in [1.165, 1.54) is 25.1 Å². The average Bonchev–Trinajstić information content (AvgIpc) is 3.29.